The zero-order valence-electron chi connectivity index (χ0n) is 11.8. The van der Waals surface area contributed by atoms with Crippen molar-refractivity contribution in [2.75, 3.05) is 6.61 Å². The molecule has 0 saturated heterocycles. The Morgan fingerprint density at radius 1 is 1.32 bits per heavy atom. The first-order chi connectivity index (χ1) is 9.23. The molecule has 1 aromatic carbocycles. The van der Waals surface area contributed by atoms with Crippen molar-refractivity contribution in [2.45, 2.75) is 57.5 Å². The number of fused-ring (bicyclic) bond motifs is 1. The molecule has 0 amide bonds. The second kappa shape index (κ2) is 5.16. The lowest BCUT2D eigenvalue weighted by Crippen LogP contribution is -2.32. The highest BCUT2D eigenvalue weighted by Crippen LogP contribution is 2.45. The molecule has 1 fully saturated rings. The molecular weight excluding hydrogens is 236 g/mol. The van der Waals surface area contributed by atoms with Crippen molar-refractivity contribution in [3.05, 3.63) is 29.3 Å². The van der Waals surface area contributed by atoms with E-state index < -0.39 is 5.60 Å². The number of aryl methyl sites for hydroxylation is 1. The van der Waals surface area contributed by atoms with Crippen LogP contribution in [0.5, 0.6) is 5.75 Å². The van der Waals surface area contributed by atoms with E-state index in [1.807, 2.05) is 0 Å². The molecule has 1 saturated carbocycles. The van der Waals surface area contributed by atoms with Crippen LogP contribution in [0.1, 0.15) is 56.6 Å². The first-order valence-electron chi connectivity index (χ1n) is 7.70. The van der Waals surface area contributed by atoms with Gasteiger partial charge in [-0.15, -0.1) is 0 Å². The maximum absolute atomic E-state index is 11.0. The van der Waals surface area contributed by atoms with Crippen LogP contribution in [0.25, 0.3) is 0 Å². The summed E-state index contributed by atoms with van der Waals surface area (Å²) in [5, 5.41) is 11.0. The van der Waals surface area contributed by atoms with Crippen LogP contribution in [0, 0.1) is 5.92 Å². The van der Waals surface area contributed by atoms with Crippen molar-refractivity contribution in [3.63, 3.8) is 0 Å². The Labute approximate surface area is 115 Å². The highest BCUT2D eigenvalue weighted by molar-refractivity contribution is 5.46. The monoisotopic (exact) mass is 260 g/mol. The number of para-hydroxylation sites is 1. The molecule has 2 heteroatoms. The summed E-state index contributed by atoms with van der Waals surface area (Å²) in [4.78, 5) is 0. The minimum atomic E-state index is -0.658. The van der Waals surface area contributed by atoms with Gasteiger partial charge in [-0.2, -0.15) is 0 Å². The van der Waals surface area contributed by atoms with Gasteiger partial charge in [-0.25, -0.2) is 0 Å². The molecule has 0 spiro atoms. The summed E-state index contributed by atoms with van der Waals surface area (Å²) in [5.41, 5.74) is 1.66. The van der Waals surface area contributed by atoms with E-state index in [1.165, 1.54) is 12.0 Å². The maximum atomic E-state index is 11.0. The van der Waals surface area contributed by atoms with Crippen molar-refractivity contribution < 1.29 is 9.84 Å². The standard InChI is InChI=1S/C17H24O2/c1-2-13-8-10-17(18,11-9-13)15-7-3-5-14-6-4-12-19-16(14)15/h3,5,7,13,18H,2,4,6,8-12H2,1H3. The third-order valence-electron chi connectivity index (χ3n) is 4.94. The molecule has 2 aliphatic rings. The lowest BCUT2D eigenvalue weighted by Gasteiger charge is -2.38. The van der Waals surface area contributed by atoms with Crippen LogP contribution >= 0.6 is 0 Å². The smallest absolute Gasteiger partial charge is 0.128 e. The maximum Gasteiger partial charge on any atom is 0.128 e. The molecule has 19 heavy (non-hydrogen) atoms. The van der Waals surface area contributed by atoms with E-state index in [-0.39, 0.29) is 0 Å². The van der Waals surface area contributed by atoms with Gasteiger partial charge in [-0.1, -0.05) is 31.5 Å². The summed E-state index contributed by atoms with van der Waals surface area (Å²) in [6.45, 7) is 3.04. The van der Waals surface area contributed by atoms with Gasteiger partial charge in [0.05, 0.1) is 12.2 Å². The molecule has 0 bridgehead atoms. The average Bonchev–Trinajstić information content (AvgIpc) is 2.47. The Kier molecular flexibility index (Phi) is 3.53. The van der Waals surface area contributed by atoms with Gasteiger partial charge in [0, 0.05) is 5.56 Å². The molecule has 2 nitrogen and oxygen atoms in total. The molecule has 0 radical (unpaired) electrons. The summed E-state index contributed by atoms with van der Waals surface area (Å²) in [7, 11) is 0. The van der Waals surface area contributed by atoms with Gasteiger partial charge in [0.25, 0.3) is 0 Å². The van der Waals surface area contributed by atoms with Gasteiger partial charge in [0.2, 0.25) is 0 Å². The van der Waals surface area contributed by atoms with Gasteiger partial charge >= 0.3 is 0 Å². The van der Waals surface area contributed by atoms with E-state index in [2.05, 4.69) is 25.1 Å². The van der Waals surface area contributed by atoms with Gasteiger partial charge in [-0.3, -0.25) is 0 Å². The van der Waals surface area contributed by atoms with Crippen molar-refractivity contribution in [1.82, 2.24) is 0 Å². The summed E-state index contributed by atoms with van der Waals surface area (Å²) in [5.74, 6) is 1.77. The summed E-state index contributed by atoms with van der Waals surface area (Å²) in [6.07, 6.45) is 7.44. The van der Waals surface area contributed by atoms with E-state index in [0.29, 0.717) is 0 Å². The van der Waals surface area contributed by atoms with Crippen molar-refractivity contribution in [1.29, 1.82) is 0 Å². The van der Waals surface area contributed by atoms with E-state index in [1.54, 1.807) is 0 Å². The Morgan fingerprint density at radius 2 is 2.11 bits per heavy atom. The SMILES string of the molecule is CCC1CCC(O)(c2cccc3c2OCCC3)CC1. The zero-order chi connectivity index (χ0) is 13.3. The van der Waals surface area contributed by atoms with Crippen LogP contribution in [0.2, 0.25) is 0 Å². The normalized spacial score (nSPS) is 30.5. The van der Waals surface area contributed by atoms with Gasteiger partial charge in [-0.05, 0) is 50.0 Å². The van der Waals surface area contributed by atoms with Crippen molar-refractivity contribution in [2.24, 2.45) is 5.92 Å². The molecule has 1 aromatic rings. The van der Waals surface area contributed by atoms with Crippen LogP contribution in [0.3, 0.4) is 0 Å². The van der Waals surface area contributed by atoms with Gasteiger partial charge in [0.1, 0.15) is 5.75 Å². The third-order valence-corrected chi connectivity index (χ3v) is 4.94. The quantitative estimate of drug-likeness (QED) is 0.876. The predicted molar refractivity (Wildman–Crippen MR) is 76.4 cm³/mol. The Hall–Kier alpha value is -1.02. The van der Waals surface area contributed by atoms with Crippen molar-refractivity contribution >= 4 is 0 Å². The van der Waals surface area contributed by atoms with Crippen LogP contribution in [0.4, 0.5) is 0 Å². The Bertz CT molecular complexity index is 445. The van der Waals surface area contributed by atoms with Gasteiger partial charge < -0.3 is 9.84 Å². The molecule has 1 N–H and O–H groups in total. The fraction of sp³-hybridized carbons (Fsp3) is 0.647. The highest BCUT2D eigenvalue weighted by Gasteiger charge is 2.37. The minimum Gasteiger partial charge on any atom is -0.493 e. The van der Waals surface area contributed by atoms with Crippen LogP contribution in [-0.4, -0.2) is 11.7 Å². The predicted octanol–water partition coefficient (Wildman–Crippen LogP) is 3.80. The van der Waals surface area contributed by atoms with Crippen molar-refractivity contribution in [3.8, 4) is 5.75 Å². The number of rotatable bonds is 2. The van der Waals surface area contributed by atoms with E-state index in [4.69, 9.17) is 4.74 Å². The minimum absolute atomic E-state index is 0.658. The van der Waals surface area contributed by atoms with Gasteiger partial charge in [0.15, 0.2) is 0 Å². The lowest BCUT2D eigenvalue weighted by atomic mass is 9.73. The average molecular weight is 260 g/mol. The number of benzene rings is 1. The highest BCUT2D eigenvalue weighted by atomic mass is 16.5. The number of ether oxygens (including phenoxy) is 1. The van der Waals surface area contributed by atoms with Crippen LogP contribution < -0.4 is 4.74 Å². The molecule has 1 aliphatic carbocycles. The first kappa shape index (κ1) is 13.0. The Balaban J connectivity index is 1.89. The molecule has 1 heterocycles. The van der Waals surface area contributed by atoms with E-state index >= 15 is 0 Å². The van der Waals surface area contributed by atoms with Crippen LogP contribution in [-0.2, 0) is 12.0 Å². The molecule has 3 rings (SSSR count). The summed E-state index contributed by atoms with van der Waals surface area (Å²) >= 11 is 0. The first-order valence-corrected chi connectivity index (χ1v) is 7.70. The number of hydrogen-bond acceptors (Lipinski definition) is 2. The molecule has 0 unspecified atom stereocenters. The number of aliphatic hydroxyl groups is 1. The molecular formula is C17H24O2. The number of hydrogen-bond donors (Lipinski definition) is 1. The molecule has 1 aliphatic heterocycles. The largest absolute Gasteiger partial charge is 0.493 e. The zero-order valence-corrected chi connectivity index (χ0v) is 11.8. The third kappa shape index (κ3) is 2.38. The topological polar surface area (TPSA) is 29.5 Å². The molecule has 0 aromatic heterocycles. The second-order valence-corrected chi connectivity index (χ2v) is 6.13. The van der Waals surface area contributed by atoms with E-state index in [9.17, 15) is 5.11 Å². The van der Waals surface area contributed by atoms with Crippen LogP contribution in [0.15, 0.2) is 18.2 Å². The Morgan fingerprint density at radius 3 is 2.84 bits per heavy atom. The fourth-order valence-electron chi connectivity index (χ4n) is 3.59. The summed E-state index contributed by atoms with van der Waals surface area (Å²) < 4.78 is 5.87. The van der Waals surface area contributed by atoms with E-state index in [0.717, 1.165) is 62.4 Å². The summed E-state index contributed by atoms with van der Waals surface area (Å²) in [6, 6.07) is 6.28. The molecule has 0 atom stereocenters. The molecule has 104 valence electrons. The lowest BCUT2D eigenvalue weighted by molar-refractivity contribution is -0.0170. The fourth-order valence-corrected chi connectivity index (χ4v) is 3.59. The second-order valence-electron chi connectivity index (χ2n) is 6.13.